The number of aromatic nitrogens is 3. The summed E-state index contributed by atoms with van der Waals surface area (Å²) in [5.41, 5.74) is -1.74. The molecule has 0 spiro atoms. The summed E-state index contributed by atoms with van der Waals surface area (Å²) in [7, 11) is 0. The zero-order valence-corrected chi connectivity index (χ0v) is 14.1. The van der Waals surface area contributed by atoms with Crippen LogP contribution in [0.4, 0.5) is 13.2 Å². The standard InChI is InChI=1S/C15H16F3N5O4/c1-2-26-13(25)14(15(16,17)18,22-23-9-19-20-10-23)21-12(24)8-27-11-6-4-3-5-7-11/h3-7,9-10,22H,2,8H2,1H3,(H,21,24)/t14-/m1/s1. The highest BCUT2D eigenvalue weighted by atomic mass is 19.4. The zero-order chi connectivity index (χ0) is 19.9. The molecule has 0 unspecified atom stereocenters. The molecular weight excluding hydrogens is 371 g/mol. The first-order valence-electron chi connectivity index (χ1n) is 7.64. The maximum Gasteiger partial charge on any atom is 0.443 e. The highest BCUT2D eigenvalue weighted by molar-refractivity contribution is 5.90. The fourth-order valence-electron chi connectivity index (χ4n) is 1.98. The summed E-state index contributed by atoms with van der Waals surface area (Å²) in [5, 5.41) is 8.30. The molecule has 27 heavy (non-hydrogen) atoms. The van der Waals surface area contributed by atoms with Crippen LogP contribution in [0, 0.1) is 0 Å². The van der Waals surface area contributed by atoms with Crippen LogP contribution in [0.3, 0.4) is 0 Å². The fraction of sp³-hybridized carbons (Fsp3) is 0.333. The first-order valence-corrected chi connectivity index (χ1v) is 7.64. The van der Waals surface area contributed by atoms with Crippen molar-refractivity contribution in [3.8, 4) is 5.75 Å². The Hall–Kier alpha value is -3.31. The number of carbonyl (C=O) groups excluding carboxylic acids is 2. The Labute approximate surface area is 151 Å². The van der Waals surface area contributed by atoms with E-state index in [1.165, 1.54) is 19.1 Å². The van der Waals surface area contributed by atoms with Crippen LogP contribution in [-0.2, 0) is 14.3 Å². The lowest BCUT2D eigenvalue weighted by Crippen LogP contribution is -2.71. The summed E-state index contributed by atoms with van der Waals surface area (Å²) in [6.45, 7) is 0.236. The van der Waals surface area contributed by atoms with Crippen LogP contribution in [-0.4, -0.2) is 51.8 Å². The molecule has 0 saturated heterocycles. The third kappa shape index (κ3) is 4.86. The highest BCUT2D eigenvalue weighted by Crippen LogP contribution is 2.30. The predicted molar refractivity (Wildman–Crippen MR) is 84.9 cm³/mol. The Morgan fingerprint density at radius 3 is 2.33 bits per heavy atom. The molecule has 146 valence electrons. The van der Waals surface area contributed by atoms with E-state index in [2.05, 4.69) is 14.9 Å². The molecule has 9 nitrogen and oxygen atoms in total. The van der Waals surface area contributed by atoms with Gasteiger partial charge < -0.3 is 14.8 Å². The maximum absolute atomic E-state index is 13.8. The van der Waals surface area contributed by atoms with Gasteiger partial charge in [-0.05, 0) is 19.1 Å². The number of nitrogens with zero attached hydrogens (tertiary/aromatic N) is 3. The largest absolute Gasteiger partial charge is 0.484 e. The number of carbonyl (C=O) groups is 2. The van der Waals surface area contributed by atoms with E-state index in [1.807, 2.05) is 5.43 Å². The van der Waals surface area contributed by atoms with Gasteiger partial charge in [-0.1, -0.05) is 18.2 Å². The van der Waals surface area contributed by atoms with Crippen LogP contribution < -0.4 is 15.5 Å². The number of benzene rings is 1. The van der Waals surface area contributed by atoms with E-state index in [9.17, 15) is 22.8 Å². The molecule has 0 saturated carbocycles. The molecule has 1 amide bonds. The van der Waals surface area contributed by atoms with Crippen molar-refractivity contribution < 1.29 is 32.2 Å². The monoisotopic (exact) mass is 387 g/mol. The highest BCUT2D eigenvalue weighted by Gasteiger charge is 2.64. The number of alkyl halides is 3. The number of hydrogen-bond donors (Lipinski definition) is 2. The molecule has 2 N–H and O–H groups in total. The second kappa shape index (κ2) is 8.38. The van der Waals surface area contributed by atoms with Crippen LogP contribution in [0.15, 0.2) is 43.0 Å². The number of halogens is 3. The molecule has 0 radical (unpaired) electrons. The molecule has 1 aromatic heterocycles. The van der Waals surface area contributed by atoms with Crippen LogP contribution in [0.1, 0.15) is 6.92 Å². The van der Waals surface area contributed by atoms with Gasteiger partial charge in [-0.15, -0.1) is 10.2 Å². The lowest BCUT2D eigenvalue weighted by atomic mass is 10.1. The first-order chi connectivity index (χ1) is 12.8. The molecule has 2 rings (SSSR count). The summed E-state index contributed by atoms with van der Waals surface area (Å²) in [6.07, 6.45) is -3.50. The number of esters is 1. The molecule has 0 aliphatic carbocycles. The molecule has 1 atom stereocenters. The van der Waals surface area contributed by atoms with E-state index < -0.39 is 30.3 Å². The van der Waals surface area contributed by atoms with Crippen molar-refractivity contribution in [3.63, 3.8) is 0 Å². The van der Waals surface area contributed by atoms with Gasteiger partial charge in [0, 0.05) is 0 Å². The molecule has 2 aromatic rings. The molecular formula is C15H16F3N5O4. The fourth-order valence-corrected chi connectivity index (χ4v) is 1.98. The lowest BCUT2D eigenvalue weighted by Gasteiger charge is -2.34. The first kappa shape index (κ1) is 20.0. The number of amides is 1. The third-order valence-corrected chi connectivity index (χ3v) is 3.16. The minimum atomic E-state index is -5.26. The van der Waals surface area contributed by atoms with Gasteiger partial charge in [-0.25, -0.2) is 9.47 Å². The van der Waals surface area contributed by atoms with E-state index in [0.29, 0.717) is 4.68 Å². The van der Waals surface area contributed by atoms with Crippen molar-refractivity contribution in [1.29, 1.82) is 0 Å². The molecule has 1 heterocycles. The topological polar surface area (TPSA) is 107 Å². The molecule has 0 fully saturated rings. The number of nitrogens with one attached hydrogen (secondary N) is 2. The molecule has 0 aliphatic heterocycles. The van der Waals surface area contributed by atoms with Gasteiger partial charge in [0.15, 0.2) is 6.61 Å². The Kier molecular flexibility index (Phi) is 6.21. The van der Waals surface area contributed by atoms with Crippen LogP contribution in [0.25, 0.3) is 0 Å². The van der Waals surface area contributed by atoms with Crippen molar-refractivity contribution in [3.05, 3.63) is 43.0 Å². The molecule has 12 heteroatoms. The number of hydrogen-bond acceptors (Lipinski definition) is 7. The SMILES string of the molecule is CCOC(=O)[C@@](NC(=O)COc1ccccc1)(Nn1cnnc1)C(F)(F)F. The van der Waals surface area contributed by atoms with Gasteiger partial charge in [0.2, 0.25) is 0 Å². The van der Waals surface area contributed by atoms with Crippen molar-refractivity contribution >= 4 is 11.9 Å². The smallest absolute Gasteiger partial charge is 0.443 e. The summed E-state index contributed by atoms with van der Waals surface area (Å²) in [4.78, 5) is 24.2. The second-order valence-electron chi connectivity index (χ2n) is 5.10. The van der Waals surface area contributed by atoms with Crippen LogP contribution in [0.5, 0.6) is 5.75 Å². The van der Waals surface area contributed by atoms with Crippen LogP contribution >= 0.6 is 0 Å². The summed E-state index contributed by atoms with van der Waals surface area (Å²) in [6, 6.07) is 7.99. The minimum absolute atomic E-state index is 0.271. The average molecular weight is 387 g/mol. The number of ether oxygens (including phenoxy) is 2. The lowest BCUT2D eigenvalue weighted by molar-refractivity contribution is -0.210. The second-order valence-corrected chi connectivity index (χ2v) is 5.10. The van der Waals surface area contributed by atoms with Gasteiger partial charge in [-0.2, -0.15) is 13.2 Å². The van der Waals surface area contributed by atoms with E-state index >= 15 is 0 Å². The molecule has 0 bridgehead atoms. The van der Waals surface area contributed by atoms with E-state index in [1.54, 1.807) is 23.5 Å². The van der Waals surface area contributed by atoms with Gasteiger partial charge in [-0.3, -0.25) is 10.2 Å². The Morgan fingerprint density at radius 1 is 1.15 bits per heavy atom. The van der Waals surface area contributed by atoms with Crippen molar-refractivity contribution in [2.45, 2.75) is 18.8 Å². The summed E-state index contributed by atoms with van der Waals surface area (Å²) in [5.74, 6) is -2.68. The predicted octanol–water partition coefficient (Wildman–Crippen LogP) is 0.838. The third-order valence-electron chi connectivity index (χ3n) is 3.16. The van der Waals surface area contributed by atoms with Crippen molar-refractivity contribution in [2.24, 2.45) is 0 Å². The van der Waals surface area contributed by atoms with Gasteiger partial charge in [0.1, 0.15) is 18.4 Å². The minimum Gasteiger partial charge on any atom is -0.484 e. The quantitative estimate of drug-likeness (QED) is 0.511. The average Bonchev–Trinajstić information content (AvgIpc) is 3.12. The van der Waals surface area contributed by atoms with Crippen LogP contribution in [0.2, 0.25) is 0 Å². The van der Waals surface area contributed by atoms with Gasteiger partial charge in [0.25, 0.3) is 5.91 Å². The Bertz CT molecular complexity index is 755. The summed E-state index contributed by atoms with van der Waals surface area (Å²) < 4.78 is 51.7. The van der Waals surface area contributed by atoms with Gasteiger partial charge in [0.05, 0.1) is 6.61 Å². The number of para-hydroxylation sites is 1. The molecule has 0 aliphatic rings. The maximum atomic E-state index is 13.8. The van der Waals surface area contributed by atoms with E-state index in [0.717, 1.165) is 12.7 Å². The Morgan fingerprint density at radius 2 is 1.78 bits per heavy atom. The van der Waals surface area contributed by atoms with Gasteiger partial charge >= 0.3 is 17.8 Å². The molecule has 1 aromatic carbocycles. The Balaban J connectivity index is 2.24. The zero-order valence-electron chi connectivity index (χ0n) is 14.1. The summed E-state index contributed by atoms with van der Waals surface area (Å²) >= 11 is 0. The van der Waals surface area contributed by atoms with Crippen molar-refractivity contribution in [2.75, 3.05) is 18.6 Å². The van der Waals surface area contributed by atoms with E-state index in [4.69, 9.17) is 4.74 Å². The number of rotatable bonds is 8. The van der Waals surface area contributed by atoms with E-state index in [-0.39, 0.29) is 12.4 Å². The normalized spacial score (nSPS) is 13.3. The van der Waals surface area contributed by atoms with Crippen molar-refractivity contribution in [1.82, 2.24) is 20.2 Å².